The monoisotopic (exact) mass is 412 g/mol. The van der Waals surface area contributed by atoms with E-state index in [1.54, 1.807) is 24.1 Å². The van der Waals surface area contributed by atoms with E-state index in [1.807, 2.05) is 31.2 Å². The summed E-state index contributed by atoms with van der Waals surface area (Å²) in [6, 6.07) is 13.9. The minimum Gasteiger partial charge on any atom is -0.461 e. The summed E-state index contributed by atoms with van der Waals surface area (Å²) in [7, 11) is -1.78. The molecule has 7 heteroatoms. The van der Waals surface area contributed by atoms with Crippen molar-refractivity contribution >= 4 is 26.9 Å². The first kappa shape index (κ1) is 19.7. The van der Waals surface area contributed by atoms with Gasteiger partial charge in [0.05, 0.1) is 4.90 Å². The molecule has 0 atom stereocenters. The highest BCUT2D eigenvalue weighted by molar-refractivity contribution is 7.89. The summed E-state index contributed by atoms with van der Waals surface area (Å²) in [6.07, 6.45) is 2.50. The molecule has 1 aliphatic carbocycles. The number of carbonyl (C=O) groups excluding carboxylic acids is 1. The van der Waals surface area contributed by atoms with Gasteiger partial charge < -0.3 is 9.32 Å². The molecule has 1 amide bonds. The summed E-state index contributed by atoms with van der Waals surface area (Å²) in [5, 5.41) is 1.01. The van der Waals surface area contributed by atoms with Gasteiger partial charge in [0.25, 0.3) is 5.91 Å². The van der Waals surface area contributed by atoms with Crippen LogP contribution in [-0.4, -0.2) is 32.3 Å². The first-order valence-corrected chi connectivity index (χ1v) is 11.2. The van der Waals surface area contributed by atoms with Crippen molar-refractivity contribution in [3.63, 3.8) is 0 Å². The van der Waals surface area contributed by atoms with E-state index in [9.17, 15) is 13.2 Å². The van der Waals surface area contributed by atoms with Crippen LogP contribution < -0.4 is 4.72 Å². The third-order valence-electron chi connectivity index (χ3n) is 5.16. The average molecular weight is 413 g/mol. The third kappa shape index (κ3) is 4.06. The number of rotatable bonds is 7. The van der Waals surface area contributed by atoms with Crippen LogP contribution in [0.4, 0.5) is 0 Å². The largest absolute Gasteiger partial charge is 0.461 e. The predicted octanol–water partition coefficient (Wildman–Crippen LogP) is 3.71. The van der Waals surface area contributed by atoms with Crippen LogP contribution in [0.5, 0.6) is 0 Å². The van der Waals surface area contributed by atoms with Gasteiger partial charge in [0.1, 0.15) is 11.3 Å². The van der Waals surface area contributed by atoms with Crippen LogP contribution in [0.1, 0.15) is 41.4 Å². The van der Waals surface area contributed by atoms with Crippen molar-refractivity contribution < 1.29 is 17.6 Å². The molecule has 29 heavy (non-hydrogen) atoms. The molecule has 1 N–H and O–H groups in total. The number of nitrogens with zero attached hydrogens (tertiary/aromatic N) is 1. The highest BCUT2D eigenvalue weighted by atomic mass is 32.2. The van der Waals surface area contributed by atoms with Crippen LogP contribution in [0.15, 0.2) is 57.8 Å². The Morgan fingerprint density at radius 2 is 1.83 bits per heavy atom. The zero-order chi connectivity index (χ0) is 20.6. The number of benzene rings is 2. The first-order valence-electron chi connectivity index (χ1n) is 9.76. The minimum atomic E-state index is -3.52. The molecule has 0 spiro atoms. The fourth-order valence-corrected chi connectivity index (χ4v) is 4.71. The van der Waals surface area contributed by atoms with E-state index in [0.29, 0.717) is 12.1 Å². The number of hydrogen-bond donors (Lipinski definition) is 1. The zero-order valence-corrected chi connectivity index (χ0v) is 17.3. The minimum absolute atomic E-state index is 0.0463. The van der Waals surface area contributed by atoms with Gasteiger partial charge in [-0.25, -0.2) is 13.1 Å². The molecule has 3 aromatic rings. The fraction of sp³-hybridized carbons (Fsp3) is 0.318. The third-order valence-corrected chi connectivity index (χ3v) is 6.69. The maximum absolute atomic E-state index is 12.9. The lowest BCUT2D eigenvalue weighted by Crippen LogP contribution is -2.27. The average Bonchev–Trinajstić information content (AvgIpc) is 3.46. The number of amides is 1. The summed E-state index contributed by atoms with van der Waals surface area (Å²) in [6.45, 7) is 2.44. The standard InChI is InChI=1S/C22H24N2O4S/c1-3-20-19(18-6-4-5-7-21(18)28-20)14-24(2)22(25)15-8-12-17(13-9-15)29(26,27)23-16-10-11-16/h4-9,12-13,16,23H,3,10-11,14H2,1-2H3. The number of hydrogen-bond acceptors (Lipinski definition) is 4. The van der Waals surface area contributed by atoms with Gasteiger partial charge in [0, 0.05) is 42.6 Å². The second kappa shape index (κ2) is 7.65. The second-order valence-corrected chi connectivity index (χ2v) is 9.15. The molecule has 1 fully saturated rings. The Bertz CT molecular complexity index is 1150. The number of carbonyl (C=O) groups is 1. The van der Waals surface area contributed by atoms with Gasteiger partial charge >= 0.3 is 0 Å². The van der Waals surface area contributed by atoms with E-state index < -0.39 is 10.0 Å². The van der Waals surface area contributed by atoms with E-state index in [1.165, 1.54) is 12.1 Å². The van der Waals surface area contributed by atoms with Gasteiger partial charge in [-0.05, 0) is 43.2 Å². The Morgan fingerprint density at radius 3 is 2.48 bits per heavy atom. The highest BCUT2D eigenvalue weighted by Crippen LogP contribution is 2.28. The van der Waals surface area contributed by atoms with Crippen LogP contribution >= 0.6 is 0 Å². The summed E-state index contributed by atoms with van der Waals surface area (Å²) < 4.78 is 33.1. The van der Waals surface area contributed by atoms with Crippen LogP contribution in [0, 0.1) is 0 Å². The summed E-state index contributed by atoms with van der Waals surface area (Å²) in [4.78, 5) is 14.7. The number of nitrogens with one attached hydrogen (secondary N) is 1. The quantitative estimate of drug-likeness (QED) is 0.642. The Kier molecular flexibility index (Phi) is 5.19. The smallest absolute Gasteiger partial charge is 0.253 e. The molecule has 152 valence electrons. The number of sulfonamides is 1. The predicted molar refractivity (Wildman–Crippen MR) is 111 cm³/mol. The summed E-state index contributed by atoms with van der Waals surface area (Å²) >= 11 is 0. The number of fused-ring (bicyclic) bond motifs is 1. The Morgan fingerprint density at radius 1 is 1.14 bits per heavy atom. The van der Waals surface area contributed by atoms with Gasteiger partial charge in [-0.1, -0.05) is 25.1 Å². The molecule has 4 rings (SSSR count). The summed E-state index contributed by atoms with van der Waals surface area (Å²) in [5.41, 5.74) is 2.27. The van der Waals surface area contributed by atoms with Crippen LogP contribution in [-0.2, 0) is 23.0 Å². The molecular formula is C22H24N2O4S. The van der Waals surface area contributed by atoms with Gasteiger partial charge in [0.2, 0.25) is 10.0 Å². The van der Waals surface area contributed by atoms with E-state index in [2.05, 4.69) is 4.72 Å². The molecule has 2 aromatic carbocycles. The molecule has 0 bridgehead atoms. The lowest BCUT2D eigenvalue weighted by atomic mass is 10.1. The van der Waals surface area contributed by atoms with Gasteiger partial charge in [0.15, 0.2) is 0 Å². The summed E-state index contributed by atoms with van der Waals surface area (Å²) in [5.74, 6) is 0.704. The molecule has 0 saturated heterocycles. The van der Waals surface area contributed by atoms with Crippen molar-refractivity contribution in [2.75, 3.05) is 7.05 Å². The highest BCUT2D eigenvalue weighted by Gasteiger charge is 2.28. The number of para-hydroxylation sites is 1. The first-order chi connectivity index (χ1) is 13.9. The van der Waals surface area contributed by atoms with Crippen molar-refractivity contribution in [1.82, 2.24) is 9.62 Å². The molecule has 1 aromatic heterocycles. The number of furan rings is 1. The SMILES string of the molecule is CCc1oc2ccccc2c1CN(C)C(=O)c1ccc(S(=O)(=O)NC2CC2)cc1. The molecular weight excluding hydrogens is 388 g/mol. The zero-order valence-electron chi connectivity index (χ0n) is 16.5. The molecule has 0 radical (unpaired) electrons. The van der Waals surface area contributed by atoms with E-state index in [4.69, 9.17) is 4.42 Å². The van der Waals surface area contributed by atoms with Gasteiger partial charge in [-0.15, -0.1) is 0 Å². The second-order valence-electron chi connectivity index (χ2n) is 7.43. The molecule has 6 nitrogen and oxygen atoms in total. The Balaban J connectivity index is 1.52. The Labute approximate surface area is 170 Å². The lowest BCUT2D eigenvalue weighted by molar-refractivity contribution is 0.0785. The Hall–Kier alpha value is -2.64. The maximum atomic E-state index is 12.9. The molecule has 1 heterocycles. The molecule has 0 unspecified atom stereocenters. The maximum Gasteiger partial charge on any atom is 0.253 e. The van der Waals surface area contributed by atoms with E-state index in [0.717, 1.165) is 41.6 Å². The normalized spacial score (nSPS) is 14.3. The molecule has 1 saturated carbocycles. The molecule has 1 aliphatic rings. The van der Waals surface area contributed by atoms with Crippen molar-refractivity contribution in [3.05, 3.63) is 65.4 Å². The molecule has 0 aliphatic heterocycles. The van der Waals surface area contributed by atoms with Gasteiger partial charge in [-0.2, -0.15) is 0 Å². The lowest BCUT2D eigenvalue weighted by Gasteiger charge is -2.18. The van der Waals surface area contributed by atoms with Crippen molar-refractivity contribution in [2.45, 2.75) is 43.7 Å². The van der Waals surface area contributed by atoms with Crippen LogP contribution in [0.3, 0.4) is 0 Å². The van der Waals surface area contributed by atoms with E-state index >= 15 is 0 Å². The van der Waals surface area contributed by atoms with Crippen LogP contribution in [0.2, 0.25) is 0 Å². The topological polar surface area (TPSA) is 79.6 Å². The van der Waals surface area contributed by atoms with Crippen molar-refractivity contribution in [2.24, 2.45) is 0 Å². The van der Waals surface area contributed by atoms with E-state index in [-0.39, 0.29) is 16.8 Å². The number of aryl methyl sites for hydroxylation is 1. The van der Waals surface area contributed by atoms with Crippen molar-refractivity contribution in [1.29, 1.82) is 0 Å². The fourth-order valence-electron chi connectivity index (χ4n) is 3.40. The van der Waals surface area contributed by atoms with Crippen molar-refractivity contribution in [3.8, 4) is 0 Å². The van der Waals surface area contributed by atoms with Crippen LogP contribution in [0.25, 0.3) is 11.0 Å². The van der Waals surface area contributed by atoms with Gasteiger partial charge in [-0.3, -0.25) is 4.79 Å².